The molecule has 0 unspecified atom stereocenters. The zero-order valence-corrected chi connectivity index (χ0v) is 8.74. The van der Waals surface area contributed by atoms with Gasteiger partial charge in [0.25, 0.3) is 0 Å². The van der Waals surface area contributed by atoms with Gasteiger partial charge in [0.2, 0.25) is 0 Å². The highest BCUT2D eigenvalue weighted by atomic mass is 16.2. The van der Waals surface area contributed by atoms with Gasteiger partial charge in [-0.15, -0.1) is 0 Å². The molecule has 3 nitrogen and oxygen atoms in total. The van der Waals surface area contributed by atoms with Crippen LogP contribution in [-0.2, 0) is 6.42 Å². The molecule has 78 valence electrons. The second-order valence-corrected chi connectivity index (χ2v) is 4.11. The molecule has 0 radical (unpaired) electrons. The van der Waals surface area contributed by atoms with Crippen molar-refractivity contribution in [3.05, 3.63) is 17.5 Å². The maximum absolute atomic E-state index is 8.88. The molecule has 1 heterocycles. The molecule has 0 bridgehead atoms. The minimum Gasteiger partial charge on any atom is -0.396 e. The Balaban J connectivity index is 2.17. The van der Waals surface area contributed by atoms with Crippen LogP contribution in [0.1, 0.15) is 43.0 Å². The molecular formula is C11H18N2O. The molecule has 0 atom stereocenters. The Kier molecular flexibility index (Phi) is 2.87. The second kappa shape index (κ2) is 4.13. The third-order valence-electron chi connectivity index (χ3n) is 3.20. The highest BCUT2D eigenvalue weighted by molar-refractivity contribution is 5.17. The van der Waals surface area contributed by atoms with E-state index in [-0.39, 0.29) is 6.61 Å². The maximum atomic E-state index is 8.88. The lowest BCUT2D eigenvalue weighted by atomic mass is 10.2. The smallest absolute Gasteiger partial charge is 0.0525 e. The van der Waals surface area contributed by atoms with Gasteiger partial charge >= 0.3 is 0 Å². The molecule has 1 fully saturated rings. The fourth-order valence-corrected chi connectivity index (χ4v) is 2.34. The Labute approximate surface area is 84.7 Å². The topological polar surface area (TPSA) is 38.1 Å². The van der Waals surface area contributed by atoms with Crippen molar-refractivity contribution in [2.45, 2.75) is 45.1 Å². The van der Waals surface area contributed by atoms with Gasteiger partial charge in [0, 0.05) is 12.3 Å². The third kappa shape index (κ3) is 1.69. The molecule has 1 aliphatic carbocycles. The van der Waals surface area contributed by atoms with Gasteiger partial charge in [-0.3, -0.25) is 4.68 Å². The standard InChI is InChI=1S/C11H18N2O/c1-9-10(6-7-14)8-12-13(9)11-4-2-3-5-11/h8,11,14H,2-7H2,1H3. The number of aromatic nitrogens is 2. The van der Waals surface area contributed by atoms with Crippen LogP contribution in [0.15, 0.2) is 6.20 Å². The lowest BCUT2D eigenvalue weighted by Gasteiger charge is -2.12. The third-order valence-corrected chi connectivity index (χ3v) is 3.20. The van der Waals surface area contributed by atoms with E-state index in [1.54, 1.807) is 0 Å². The van der Waals surface area contributed by atoms with E-state index in [4.69, 9.17) is 5.11 Å². The molecule has 14 heavy (non-hydrogen) atoms. The van der Waals surface area contributed by atoms with Crippen LogP contribution in [-0.4, -0.2) is 21.5 Å². The summed E-state index contributed by atoms with van der Waals surface area (Å²) in [7, 11) is 0. The minimum atomic E-state index is 0.219. The molecule has 1 aliphatic rings. The highest BCUT2D eigenvalue weighted by Crippen LogP contribution is 2.30. The summed E-state index contributed by atoms with van der Waals surface area (Å²) in [5, 5.41) is 13.3. The first-order chi connectivity index (χ1) is 6.83. The molecule has 0 spiro atoms. The van der Waals surface area contributed by atoms with E-state index < -0.39 is 0 Å². The summed E-state index contributed by atoms with van der Waals surface area (Å²) in [4.78, 5) is 0. The summed E-state index contributed by atoms with van der Waals surface area (Å²) < 4.78 is 2.15. The largest absolute Gasteiger partial charge is 0.396 e. The van der Waals surface area contributed by atoms with Gasteiger partial charge in [0.1, 0.15) is 0 Å². The molecule has 1 aromatic rings. The van der Waals surface area contributed by atoms with Crippen LogP contribution in [0.4, 0.5) is 0 Å². The Bertz CT molecular complexity index is 300. The first kappa shape index (κ1) is 9.71. The van der Waals surface area contributed by atoms with Gasteiger partial charge in [-0.25, -0.2) is 0 Å². The van der Waals surface area contributed by atoms with Crippen molar-refractivity contribution in [3.8, 4) is 0 Å². The number of hydrogen-bond donors (Lipinski definition) is 1. The number of aliphatic hydroxyl groups excluding tert-OH is 1. The van der Waals surface area contributed by atoms with Crippen molar-refractivity contribution >= 4 is 0 Å². The van der Waals surface area contributed by atoms with Crippen LogP contribution >= 0.6 is 0 Å². The normalized spacial score (nSPS) is 17.9. The van der Waals surface area contributed by atoms with Crippen LogP contribution < -0.4 is 0 Å². The van der Waals surface area contributed by atoms with E-state index >= 15 is 0 Å². The van der Waals surface area contributed by atoms with Gasteiger partial charge in [-0.05, 0) is 31.7 Å². The van der Waals surface area contributed by atoms with E-state index in [0.717, 1.165) is 6.42 Å². The molecule has 0 aromatic carbocycles. The predicted octanol–water partition coefficient (Wildman–Crippen LogP) is 1.84. The Morgan fingerprint density at radius 2 is 2.21 bits per heavy atom. The summed E-state index contributed by atoms with van der Waals surface area (Å²) >= 11 is 0. The molecule has 1 aromatic heterocycles. The van der Waals surface area contributed by atoms with Gasteiger partial charge in [-0.2, -0.15) is 5.10 Å². The summed E-state index contributed by atoms with van der Waals surface area (Å²) in [6.07, 6.45) is 7.84. The molecule has 3 heteroatoms. The van der Waals surface area contributed by atoms with Crippen molar-refractivity contribution in [1.82, 2.24) is 9.78 Å². The Morgan fingerprint density at radius 1 is 1.50 bits per heavy atom. The minimum absolute atomic E-state index is 0.219. The molecule has 0 saturated heterocycles. The molecule has 2 rings (SSSR count). The van der Waals surface area contributed by atoms with Crippen molar-refractivity contribution < 1.29 is 5.11 Å². The van der Waals surface area contributed by atoms with E-state index in [2.05, 4.69) is 16.7 Å². The fraction of sp³-hybridized carbons (Fsp3) is 0.727. The SMILES string of the molecule is Cc1c(CCO)cnn1C1CCCC1. The van der Waals surface area contributed by atoms with E-state index in [1.807, 2.05) is 6.20 Å². The van der Waals surface area contributed by atoms with Crippen molar-refractivity contribution in [3.63, 3.8) is 0 Å². The predicted molar refractivity (Wildman–Crippen MR) is 55.3 cm³/mol. The number of rotatable bonds is 3. The van der Waals surface area contributed by atoms with Crippen molar-refractivity contribution in [2.75, 3.05) is 6.61 Å². The average Bonchev–Trinajstić information content (AvgIpc) is 2.77. The van der Waals surface area contributed by atoms with Crippen LogP contribution in [0.5, 0.6) is 0 Å². The monoisotopic (exact) mass is 194 g/mol. The van der Waals surface area contributed by atoms with Crippen LogP contribution in [0, 0.1) is 6.92 Å². The van der Waals surface area contributed by atoms with E-state index in [0.29, 0.717) is 6.04 Å². The quantitative estimate of drug-likeness (QED) is 0.797. The lowest BCUT2D eigenvalue weighted by Crippen LogP contribution is -2.08. The highest BCUT2D eigenvalue weighted by Gasteiger charge is 2.19. The molecule has 1 N–H and O–H groups in total. The molecule has 0 aliphatic heterocycles. The zero-order chi connectivity index (χ0) is 9.97. The van der Waals surface area contributed by atoms with Gasteiger partial charge in [-0.1, -0.05) is 12.8 Å². The average molecular weight is 194 g/mol. The molecule has 1 saturated carbocycles. The van der Waals surface area contributed by atoms with Gasteiger partial charge in [0.15, 0.2) is 0 Å². The van der Waals surface area contributed by atoms with Crippen LogP contribution in [0.3, 0.4) is 0 Å². The number of aliphatic hydroxyl groups is 1. The number of hydrogen-bond acceptors (Lipinski definition) is 2. The van der Waals surface area contributed by atoms with Crippen molar-refractivity contribution in [1.29, 1.82) is 0 Å². The van der Waals surface area contributed by atoms with Crippen LogP contribution in [0.25, 0.3) is 0 Å². The Hall–Kier alpha value is -0.830. The first-order valence-electron chi connectivity index (χ1n) is 5.46. The molecular weight excluding hydrogens is 176 g/mol. The second-order valence-electron chi connectivity index (χ2n) is 4.11. The van der Waals surface area contributed by atoms with Gasteiger partial charge < -0.3 is 5.11 Å². The summed E-state index contributed by atoms with van der Waals surface area (Å²) in [6, 6.07) is 0.613. The fourth-order valence-electron chi connectivity index (χ4n) is 2.34. The van der Waals surface area contributed by atoms with Crippen molar-refractivity contribution in [2.24, 2.45) is 0 Å². The van der Waals surface area contributed by atoms with Crippen LogP contribution in [0.2, 0.25) is 0 Å². The Morgan fingerprint density at radius 3 is 2.86 bits per heavy atom. The summed E-state index contributed by atoms with van der Waals surface area (Å²) in [5.74, 6) is 0. The lowest BCUT2D eigenvalue weighted by molar-refractivity contribution is 0.299. The van der Waals surface area contributed by atoms with E-state index in [1.165, 1.54) is 36.9 Å². The van der Waals surface area contributed by atoms with E-state index in [9.17, 15) is 0 Å². The zero-order valence-electron chi connectivity index (χ0n) is 8.74. The van der Waals surface area contributed by atoms with Gasteiger partial charge in [0.05, 0.1) is 12.2 Å². The molecule has 0 amide bonds. The summed E-state index contributed by atoms with van der Waals surface area (Å²) in [5.41, 5.74) is 2.44. The first-order valence-corrected chi connectivity index (χ1v) is 5.46. The summed E-state index contributed by atoms with van der Waals surface area (Å²) in [6.45, 7) is 2.33. The maximum Gasteiger partial charge on any atom is 0.0525 e. The number of nitrogens with zero attached hydrogens (tertiary/aromatic N) is 2.